The molecule has 5 nitrogen and oxygen atoms in total. The minimum Gasteiger partial charge on any atom is -0.346 e. The zero-order valence-electron chi connectivity index (χ0n) is 16.2. The molecule has 0 saturated carbocycles. The number of halogens is 1. The Labute approximate surface area is 181 Å². The van der Waals surface area contributed by atoms with E-state index in [-0.39, 0.29) is 0 Å². The topological polar surface area (TPSA) is 36.3 Å². The van der Waals surface area contributed by atoms with Crippen molar-refractivity contribution in [3.63, 3.8) is 0 Å². The van der Waals surface area contributed by atoms with E-state index in [0.717, 1.165) is 54.1 Å². The predicted octanol–water partition coefficient (Wildman–Crippen LogP) is 4.10. The van der Waals surface area contributed by atoms with Gasteiger partial charge in [0, 0.05) is 43.9 Å². The number of piperazine rings is 1. The Balaban J connectivity index is 1.27. The number of hydrogen-bond donors (Lipinski definition) is 1. The second kappa shape index (κ2) is 9.39. The second-order valence-electron chi connectivity index (χ2n) is 7.20. The minimum atomic E-state index is 0.631. The van der Waals surface area contributed by atoms with Gasteiger partial charge in [-0.3, -0.25) is 9.58 Å². The summed E-state index contributed by atoms with van der Waals surface area (Å²) in [6, 6.07) is 18.4. The summed E-state index contributed by atoms with van der Waals surface area (Å²) in [4.78, 5) is 4.69. The number of hydrogen-bond acceptors (Lipinski definition) is 3. The summed E-state index contributed by atoms with van der Waals surface area (Å²) in [6.07, 6.45) is 3.76. The molecule has 2 heterocycles. The molecule has 2 aromatic carbocycles. The van der Waals surface area contributed by atoms with Crippen LogP contribution < -0.4 is 5.32 Å². The van der Waals surface area contributed by atoms with E-state index in [1.54, 1.807) is 6.20 Å². The first-order valence-electron chi connectivity index (χ1n) is 9.75. The lowest BCUT2D eigenvalue weighted by Gasteiger charge is -2.36. The quantitative estimate of drug-likeness (QED) is 0.623. The molecule has 0 spiro atoms. The molecule has 0 amide bonds. The number of nitrogens with zero attached hydrogens (tertiary/aromatic N) is 4. The third-order valence-corrected chi connectivity index (χ3v) is 5.81. The van der Waals surface area contributed by atoms with Crippen LogP contribution in [0.5, 0.6) is 0 Å². The van der Waals surface area contributed by atoms with Gasteiger partial charge in [-0.15, -0.1) is 0 Å². The van der Waals surface area contributed by atoms with Crippen LogP contribution in [0.25, 0.3) is 0 Å². The van der Waals surface area contributed by atoms with Crippen molar-refractivity contribution in [1.29, 1.82) is 0 Å². The maximum Gasteiger partial charge on any atom is 0.173 e. The molecule has 7 heteroatoms. The van der Waals surface area contributed by atoms with Gasteiger partial charge in [-0.05, 0) is 29.4 Å². The van der Waals surface area contributed by atoms with Crippen LogP contribution >= 0.6 is 23.8 Å². The fourth-order valence-electron chi connectivity index (χ4n) is 3.47. The van der Waals surface area contributed by atoms with Crippen LogP contribution in [0.3, 0.4) is 0 Å². The van der Waals surface area contributed by atoms with Gasteiger partial charge in [0.15, 0.2) is 5.11 Å². The zero-order valence-corrected chi connectivity index (χ0v) is 17.7. The number of rotatable bonds is 5. The second-order valence-corrected chi connectivity index (χ2v) is 7.99. The molecule has 0 atom stereocenters. The number of aromatic nitrogens is 2. The van der Waals surface area contributed by atoms with Crippen molar-refractivity contribution in [2.45, 2.75) is 13.1 Å². The van der Waals surface area contributed by atoms with Gasteiger partial charge >= 0.3 is 0 Å². The molecule has 0 bridgehead atoms. The van der Waals surface area contributed by atoms with E-state index in [2.05, 4.69) is 50.5 Å². The van der Waals surface area contributed by atoms with E-state index in [0.29, 0.717) is 6.54 Å². The molecule has 1 fully saturated rings. The fourth-order valence-corrected chi connectivity index (χ4v) is 3.96. The number of nitrogens with one attached hydrogen (secondary N) is 1. The molecule has 150 valence electrons. The van der Waals surface area contributed by atoms with Gasteiger partial charge in [-0.2, -0.15) is 5.10 Å². The smallest absolute Gasteiger partial charge is 0.173 e. The molecule has 1 aliphatic rings. The van der Waals surface area contributed by atoms with E-state index in [4.69, 9.17) is 23.8 Å². The normalized spacial score (nSPS) is 14.7. The van der Waals surface area contributed by atoms with Gasteiger partial charge in [0.25, 0.3) is 0 Å². The summed E-state index contributed by atoms with van der Waals surface area (Å²) in [5, 5.41) is 9.24. The Bertz CT molecular complexity index is 951. The molecule has 1 aromatic heterocycles. The molecule has 3 aromatic rings. The molecule has 0 unspecified atom stereocenters. The molecular weight excluding hydrogens is 402 g/mol. The molecule has 1 aliphatic heterocycles. The summed E-state index contributed by atoms with van der Waals surface area (Å²) >= 11 is 11.9. The van der Waals surface area contributed by atoms with E-state index in [1.165, 1.54) is 5.56 Å². The monoisotopic (exact) mass is 425 g/mol. The summed E-state index contributed by atoms with van der Waals surface area (Å²) < 4.78 is 1.87. The Morgan fingerprint density at radius 3 is 2.45 bits per heavy atom. The highest BCUT2D eigenvalue weighted by atomic mass is 35.5. The number of thiocarbonyl (C=S) groups is 1. The van der Waals surface area contributed by atoms with E-state index >= 15 is 0 Å². The maximum atomic E-state index is 6.24. The molecule has 1 N–H and O–H groups in total. The van der Waals surface area contributed by atoms with Crippen molar-refractivity contribution in [3.05, 3.63) is 83.1 Å². The summed E-state index contributed by atoms with van der Waals surface area (Å²) in [5.41, 5.74) is 3.29. The first-order valence-corrected chi connectivity index (χ1v) is 10.5. The van der Waals surface area contributed by atoms with Crippen molar-refractivity contribution in [2.75, 3.05) is 31.5 Å². The van der Waals surface area contributed by atoms with Gasteiger partial charge in [0.05, 0.1) is 18.4 Å². The van der Waals surface area contributed by atoms with Crippen LogP contribution in [-0.4, -0.2) is 50.9 Å². The molecule has 1 saturated heterocycles. The Hall–Kier alpha value is -2.41. The van der Waals surface area contributed by atoms with Gasteiger partial charge in [0.2, 0.25) is 0 Å². The zero-order chi connectivity index (χ0) is 20.1. The molecule has 0 aliphatic carbocycles. The van der Waals surface area contributed by atoms with Crippen LogP contribution in [0.4, 0.5) is 5.69 Å². The average Bonchev–Trinajstić information content (AvgIpc) is 3.18. The third kappa shape index (κ3) is 5.35. The average molecular weight is 426 g/mol. The van der Waals surface area contributed by atoms with Crippen LogP contribution in [0.1, 0.15) is 11.1 Å². The van der Waals surface area contributed by atoms with E-state index in [1.807, 2.05) is 35.1 Å². The van der Waals surface area contributed by atoms with E-state index in [9.17, 15) is 0 Å². The standard InChI is InChI=1S/C22H24ClN5S/c23-21-9-5-4-8-19(21)16-28-17-20(14-24-28)25-22(29)27-12-10-26(11-13-27)15-18-6-2-1-3-7-18/h1-9,14,17H,10-13,15-16H2,(H,25,29). The lowest BCUT2D eigenvalue weighted by molar-refractivity contribution is 0.177. The van der Waals surface area contributed by atoms with Gasteiger partial charge < -0.3 is 10.2 Å². The van der Waals surface area contributed by atoms with Crippen molar-refractivity contribution >= 4 is 34.6 Å². The van der Waals surface area contributed by atoms with Crippen molar-refractivity contribution in [3.8, 4) is 0 Å². The van der Waals surface area contributed by atoms with Gasteiger partial charge in [-0.25, -0.2) is 0 Å². The first kappa shape index (κ1) is 19.9. The Morgan fingerprint density at radius 2 is 1.69 bits per heavy atom. The molecular formula is C22H24ClN5S. The van der Waals surface area contributed by atoms with Crippen molar-refractivity contribution in [2.24, 2.45) is 0 Å². The predicted molar refractivity (Wildman–Crippen MR) is 122 cm³/mol. The summed E-state index contributed by atoms with van der Waals surface area (Å²) in [5.74, 6) is 0. The Kier molecular flexibility index (Phi) is 6.44. The molecule has 4 rings (SSSR count). The number of anilines is 1. The lowest BCUT2D eigenvalue weighted by Crippen LogP contribution is -2.49. The van der Waals surface area contributed by atoms with Crippen LogP contribution in [0.2, 0.25) is 5.02 Å². The largest absolute Gasteiger partial charge is 0.346 e. The molecule has 0 radical (unpaired) electrons. The third-order valence-electron chi connectivity index (χ3n) is 5.08. The lowest BCUT2D eigenvalue weighted by atomic mass is 10.2. The highest BCUT2D eigenvalue weighted by Crippen LogP contribution is 2.17. The fraction of sp³-hybridized carbons (Fsp3) is 0.273. The van der Waals surface area contributed by atoms with Crippen molar-refractivity contribution in [1.82, 2.24) is 19.6 Å². The summed E-state index contributed by atoms with van der Waals surface area (Å²) in [6.45, 7) is 5.47. The SMILES string of the molecule is S=C(Nc1cnn(Cc2ccccc2Cl)c1)N1CCN(Cc2ccccc2)CC1. The first-order chi connectivity index (χ1) is 14.2. The van der Waals surface area contributed by atoms with Crippen molar-refractivity contribution < 1.29 is 0 Å². The highest BCUT2D eigenvalue weighted by Gasteiger charge is 2.19. The van der Waals surface area contributed by atoms with Crippen LogP contribution in [0.15, 0.2) is 67.0 Å². The summed E-state index contributed by atoms with van der Waals surface area (Å²) in [7, 11) is 0. The Morgan fingerprint density at radius 1 is 0.966 bits per heavy atom. The van der Waals surface area contributed by atoms with Gasteiger partial charge in [0.1, 0.15) is 0 Å². The maximum absolute atomic E-state index is 6.24. The van der Waals surface area contributed by atoms with E-state index < -0.39 is 0 Å². The van der Waals surface area contributed by atoms with Crippen LogP contribution in [-0.2, 0) is 13.1 Å². The molecule has 29 heavy (non-hydrogen) atoms. The highest BCUT2D eigenvalue weighted by molar-refractivity contribution is 7.80. The number of benzene rings is 2. The minimum absolute atomic E-state index is 0.631. The van der Waals surface area contributed by atoms with Crippen LogP contribution in [0, 0.1) is 0 Å². The van der Waals surface area contributed by atoms with Gasteiger partial charge in [-0.1, -0.05) is 60.1 Å².